The topological polar surface area (TPSA) is 26.0 Å². The van der Waals surface area contributed by atoms with E-state index in [1.54, 1.807) is 0 Å². The first-order valence-corrected chi connectivity index (χ1v) is 4.81. The van der Waals surface area contributed by atoms with Crippen molar-refractivity contribution in [1.82, 2.24) is 4.98 Å². The normalized spacial score (nSPS) is 17.1. The van der Waals surface area contributed by atoms with Crippen molar-refractivity contribution >= 4 is 5.57 Å². The highest BCUT2D eigenvalue weighted by molar-refractivity contribution is 5.64. The van der Waals surface area contributed by atoms with E-state index in [1.807, 2.05) is 13.8 Å². The number of oxazole rings is 1. The summed E-state index contributed by atoms with van der Waals surface area (Å²) in [6.07, 6.45) is 3.87. The molecule has 1 aliphatic rings. The fraction of sp³-hybridized carbons (Fsp3) is 0.545. The quantitative estimate of drug-likeness (QED) is 0.693. The van der Waals surface area contributed by atoms with Gasteiger partial charge < -0.3 is 4.42 Å². The van der Waals surface area contributed by atoms with E-state index in [0.29, 0.717) is 5.92 Å². The fourth-order valence-corrected chi connectivity index (χ4v) is 1.78. The second-order valence-electron chi connectivity index (χ2n) is 3.79. The lowest BCUT2D eigenvalue weighted by molar-refractivity contribution is 0.400. The molecule has 2 nitrogen and oxygen atoms in total. The summed E-state index contributed by atoms with van der Waals surface area (Å²) in [5.74, 6) is 2.31. The minimum atomic E-state index is 0.656. The van der Waals surface area contributed by atoms with Crippen LogP contribution in [0.5, 0.6) is 0 Å². The molecule has 0 aliphatic heterocycles. The molecule has 1 heterocycles. The van der Waals surface area contributed by atoms with Gasteiger partial charge in [-0.2, -0.15) is 0 Å². The zero-order valence-corrected chi connectivity index (χ0v) is 8.26. The minimum Gasteiger partial charge on any atom is -0.446 e. The van der Waals surface area contributed by atoms with Crippen LogP contribution in [0.4, 0.5) is 0 Å². The average Bonchev–Trinajstić information content (AvgIpc) is 2.26. The van der Waals surface area contributed by atoms with Gasteiger partial charge in [-0.25, -0.2) is 4.98 Å². The maximum absolute atomic E-state index is 5.38. The molecule has 1 aliphatic carbocycles. The third kappa shape index (κ3) is 1.41. The van der Waals surface area contributed by atoms with Crippen LogP contribution in [0.25, 0.3) is 5.57 Å². The van der Waals surface area contributed by atoms with E-state index in [-0.39, 0.29) is 0 Å². The van der Waals surface area contributed by atoms with Crippen LogP contribution >= 0.6 is 0 Å². The molecule has 2 rings (SSSR count). The van der Waals surface area contributed by atoms with Crippen LogP contribution < -0.4 is 0 Å². The van der Waals surface area contributed by atoms with Gasteiger partial charge in [0.05, 0.1) is 0 Å². The van der Waals surface area contributed by atoms with E-state index in [9.17, 15) is 0 Å². The second kappa shape index (κ2) is 3.02. The molecule has 1 aromatic rings. The van der Waals surface area contributed by atoms with Crippen LogP contribution in [-0.4, -0.2) is 4.98 Å². The van der Waals surface area contributed by atoms with E-state index in [1.165, 1.54) is 24.8 Å². The van der Waals surface area contributed by atoms with E-state index in [4.69, 9.17) is 4.42 Å². The lowest BCUT2D eigenvalue weighted by Crippen LogP contribution is -2.12. The number of rotatable bonds is 2. The van der Waals surface area contributed by atoms with E-state index < -0.39 is 0 Å². The molecule has 0 atom stereocenters. The Morgan fingerprint density at radius 2 is 2.15 bits per heavy atom. The third-order valence-corrected chi connectivity index (χ3v) is 2.81. The summed E-state index contributed by atoms with van der Waals surface area (Å²) < 4.78 is 5.38. The van der Waals surface area contributed by atoms with Crippen LogP contribution in [0, 0.1) is 19.8 Å². The molecule has 0 bridgehead atoms. The summed E-state index contributed by atoms with van der Waals surface area (Å²) in [5.41, 5.74) is 2.16. The Hall–Kier alpha value is -1.05. The molecule has 0 spiro atoms. The first-order chi connectivity index (χ1) is 6.18. The van der Waals surface area contributed by atoms with Crippen molar-refractivity contribution in [3.63, 3.8) is 0 Å². The van der Waals surface area contributed by atoms with Crippen molar-refractivity contribution in [2.24, 2.45) is 5.92 Å². The number of aryl methyl sites for hydroxylation is 2. The Bertz CT molecular complexity index is 334. The summed E-state index contributed by atoms with van der Waals surface area (Å²) in [6, 6.07) is 0. The van der Waals surface area contributed by atoms with Gasteiger partial charge in [-0.15, -0.1) is 0 Å². The predicted octanol–water partition coefficient (Wildman–Crippen LogP) is 3.10. The molecule has 1 aromatic heterocycles. The van der Waals surface area contributed by atoms with Gasteiger partial charge in [0.2, 0.25) is 0 Å². The van der Waals surface area contributed by atoms with Crippen LogP contribution in [0.2, 0.25) is 0 Å². The Balaban J connectivity index is 2.23. The molecule has 0 unspecified atom stereocenters. The van der Waals surface area contributed by atoms with Crippen molar-refractivity contribution in [2.45, 2.75) is 33.1 Å². The van der Waals surface area contributed by atoms with Crippen molar-refractivity contribution in [2.75, 3.05) is 0 Å². The van der Waals surface area contributed by atoms with Crippen LogP contribution in [-0.2, 0) is 0 Å². The summed E-state index contributed by atoms with van der Waals surface area (Å²) in [7, 11) is 0. The standard InChI is InChI=1S/C11H15NO/c1-7(10-5-4-6-10)11-8(2)13-9(3)12-11/h10H,1,4-6H2,2-3H3. The Morgan fingerprint density at radius 1 is 1.46 bits per heavy atom. The van der Waals surface area contributed by atoms with E-state index >= 15 is 0 Å². The average molecular weight is 177 g/mol. The SMILES string of the molecule is C=C(c1nc(C)oc1C)C1CCC1. The van der Waals surface area contributed by atoms with Gasteiger partial charge in [-0.3, -0.25) is 0 Å². The number of hydrogen-bond donors (Lipinski definition) is 0. The molecule has 0 radical (unpaired) electrons. The molecular formula is C11H15NO. The summed E-state index contributed by atoms with van der Waals surface area (Å²) >= 11 is 0. The zero-order chi connectivity index (χ0) is 9.42. The number of aromatic nitrogens is 1. The number of nitrogens with zero attached hydrogens (tertiary/aromatic N) is 1. The van der Waals surface area contributed by atoms with Gasteiger partial charge >= 0.3 is 0 Å². The number of hydrogen-bond acceptors (Lipinski definition) is 2. The smallest absolute Gasteiger partial charge is 0.191 e. The van der Waals surface area contributed by atoms with Gasteiger partial charge in [-0.05, 0) is 31.3 Å². The fourth-order valence-electron chi connectivity index (χ4n) is 1.78. The highest BCUT2D eigenvalue weighted by Crippen LogP contribution is 2.38. The van der Waals surface area contributed by atoms with Crippen LogP contribution in [0.3, 0.4) is 0 Å². The maximum atomic E-state index is 5.38. The van der Waals surface area contributed by atoms with Crippen molar-refractivity contribution in [3.8, 4) is 0 Å². The van der Waals surface area contributed by atoms with Crippen LogP contribution in [0.15, 0.2) is 11.0 Å². The largest absolute Gasteiger partial charge is 0.446 e. The molecule has 0 saturated heterocycles. The van der Waals surface area contributed by atoms with Gasteiger partial charge in [0.25, 0.3) is 0 Å². The van der Waals surface area contributed by atoms with Crippen molar-refractivity contribution in [3.05, 3.63) is 23.9 Å². The molecule has 0 amide bonds. The Morgan fingerprint density at radius 3 is 2.54 bits per heavy atom. The van der Waals surface area contributed by atoms with Gasteiger partial charge in [0, 0.05) is 6.92 Å². The molecule has 0 N–H and O–H groups in total. The lowest BCUT2D eigenvalue weighted by Gasteiger charge is -2.26. The highest BCUT2D eigenvalue weighted by atomic mass is 16.4. The lowest BCUT2D eigenvalue weighted by atomic mass is 9.79. The van der Waals surface area contributed by atoms with E-state index in [2.05, 4.69) is 11.6 Å². The highest BCUT2D eigenvalue weighted by Gasteiger charge is 2.24. The number of allylic oxidation sites excluding steroid dienone is 1. The van der Waals surface area contributed by atoms with Crippen LogP contribution in [0.1, 0.15) is 36.6 Å². The zero-order valence-electron chi connectivity index (χ0n) is 8.26. The van der Waals surface area contributed by atoms with E-state index in [0.717, 1.165) is 17.3 Å². The molecule has 2 heteroatoms. The summed E-state index contributed by atoms with van der Waals surface area (Å²) in [5, 5.41) is 0. The first-order valence-electron chi connectivity index (χ1n) is 4.81. The Kier molecular flexibility index (Phi) is 1.98. The summed E-state index contributed by atoms with van der Waals surface area (Å²) in [6.45, 7) is 7.94. The molecule has 1 saturated carbocycles. The minimum absolute atomic E-state index is 0.656. The van der Waals surface area contributed by atoms with Gasteiger partial charge in [0.1, 0.15) is 11.5 Å². The van der Waals surface area contributed by atoms with Crippen molar-refractivity contribution in [1.29, 1.82) is 0 Å². The summed E-state index contributed by atoms with van der Waals surface area (Å²) in [4.78, 5) is 4.35. The molecule has 13 heavy (non-hydrogen) atoms. The molecule has 70 valence electrons. The molecular weight excluding hydrogens is 162 g/mol. The maximum Gasteiger partial charge on any atom is 0.191 e. The molecule has 1 fully saturated rings. The Labute approximate surface area is 78.7 Å². The second-order valence-corrected chi connectivity index (χ2v) is 3.79. The monoisotopic (exact) mass is 177 g/mol. The van der Waals surface area contributed by atoms with Crippen molar-refractivity contribution < 1.29 is 4.42 Å². The third-order valence-electron chi connectivity index (χ3n) is 2.81. The molecule has 0 aromatic carbocycles. The van der Waals surface area contributed by atoms with Gasteiger partial charge in [-0.1, -0.05) is 13.0 Å². The predicted molar refractivity (Wildman–Crippen MR) is 52.4 cm³/mol. The first kappa shape index (κ1) is 8.54. The van der Waals surface area contributed by atoms with Gasteiger partial charge in [0.15, 0.2) is 5.89 Å².